The standard InChI is InChI=1S/C31H36N2O6S3/c1-24-13-17-29(18-14-24)41(35,36)32-40(34,28-11-7-4-8-12-28)31(26-9-5-3-6-10-26)22-33(21-27-23-39-27)42(37,38)30-19-15-25(2)16-20-30/h4,7-8,11-20,27H,3,5-6,9-10,21-23H2,1-2H3. The SMILES string of the molecule is Cc1ccc(S(=O)(=O)N=S(=O)(C(CN(CC2CO2)S(=O)(=O)c2ccc(C)cc2)=C2CCCCC2)c2ccccc2)cc1. The van der Waals surface area contributed by atoms with Gasteiger partial charge in [-0.1, -0.05) is 69.4 Å². The Labute approximate surface area is 249 Å². The van der Waals surface area contributed by atoms with E-state index in [0.717, 1.165) is 36.0 Å². The van der Waals surface area contributed by atoms with E-state index in [1.165, 1.54) is 16.4 Å². The normalized spacial score (nSPS) is 18.8. The molecule has 224 valence electrons. The molecule has 0 amide bonds. The third-order valence-corrected chi connectivity index (χ3v) is 13.9. The van der Waals surface area contributed by atoms with E-state index in [4.69, 9.17) is 4.74 Å². The Bertz CT molecular complexity index is 1780. The number of benzene rings is 3. The van der Waals surface area contributed by atoms with Crippen molar-refractivity contribution in [3.63, 3.8) is 0 Å². The summed E-state index contributed by atoms with van der Waals surface area (Å²) < 4.78 is 81.7. The van der Waals surface area contributed by atoms with Gasteiger partial charge in [-0.15, -0.1) is 0 Å². The van der Waals surface area contributed by atoms with Gasteiger partial charge in [0.05, 0.1) is 27.4 Å². The summed E-state index contributed by atoms with van der Waals surface area (Å²) in [5.74, 6) is 0. The van der Waals surface area contributed by atoms with Crippen LogP contribution in [0.25, 0.3) is 0 Å². The molecule has 2 fully saturated rings. The summed E-state index contributed by atoms with van der Waals surface area (Å²) in [5.41, 5.74) is 2.60. The van der Waals surface area contributed by atoms with Gasteiger partial charge in [0.25, 0.3) is 10.0 Å². The van der Waals surface area contributed by atoms with Crippen LogP contribution in [0.3, 0.4) is 0 Å². The lowest BCUT2D eigenvalue weighted by molar-refractivity contribution is 0.346. The lowest BCUT2D eigenvalue weighted by Crippen LogP contribution is -2.37. The minimum absolute atomic E-state index is 0.0576. The van der Waals surface area contributed by atoms with Gasteiger partial charge in [-0.3, -0.25) is 0 Å². The highest BCUT2D eigenvalue weighted by Gasteiger charge is 2.37. The number of sulfonamides is 2. The quantitative estimate of drug-likeness (QED) is 0.261. The van der Waals surface area contributed by atoms with E-state index in [2.05, 4.69) is 3.77 Å². The van der Waals surface area contributed by atoms with Crippen LogP contribution in [0.5, 0.6) is 0 Å². The summed E-state index contributed by atoms with van der Waals surface area (Å²) in [6.45, 7) is 3.95. The molecule has 3 aromatic carbocycles. The Kier molecular flexibility index (Phi) is 9.05. The molecule has 0 radical (unpaired) electrons. The Morgan fingerprint density at radius 1 is 0.762 bits per heavy atom. The van der Waals surface area contributed by atoms with Crippen LogP contribution >= 0.6 is 0 Å². The average Bonchev–Trinajstić information content (AvgIpc) is 3.80. The van der Waals surface area contributed by atoms with Gasteiger partial charge in [0, 0.05) is 18.0 Å². The second kappa shape index (κ2) is 12.4. The molecule has 2 unspecified atom stereocenters. The predicted molar refractivity (Wildman–Crippen MR) is 163 cm³/mol. The molecule has 0 N–H and O–H groups in total. The highest BCUT2D eigenvalue weighted by atomic mass is 32.3. The number of aryl methyl sites for hydroxylation is 2. The van der Waals surface area contributed by atoms with Gasteiger partial charge in [0.2, 0.25) is 10.0 Å². The van der Waals surface area contributed by atoms with E-state index < -0.39 is 29.8 Å². The first-order chi connectivity index (χ1) is 20.0. The largest absolute Gasteiger partial charge is 0.372 e. The third-order valence-electron chi connectivity index (χ3n) is 7.56. The van der Waals surface area contributed by atoms with Gasteiger partial charge in [0.15, 0.2) is 0 Å². The van der Waals surface area contributed by atoms with Crippen LogP contribution in [0, 0.1) is 13.8 Å². The number of allylic oxidation sites excluding steroid dienone is 1. The van der Waals surface area contributed by atoms with Crippen molar-refractivity contribution in [1.82, 2.24) is 4.31 Å². The molecule has 2 atom stereocenters. The summed E-state index contributed by atoms with van der Waals surface area (Å²) in [7, 11) is -12.2. The minimum atomic E-state index is -4.38. The monoisotopic (exact) mass is 628 g/mol. The zero-order chi connectivity index (χ0) is 30.0. The van der Waals surface area contributed by atoms with Crippen molar-refractivity contribution in [2.24, 2.45) is 3.77 Å². The number of rotatable bonds is 10. The first-order valence-corrected chi connectivity index (χ1v) is 18.4. The lowest BCUT2D eigenvalue weighted by Gasteiger charge is -2.28. The zero-order valence-electron chi connectivity index (χ0n) is 23.8. The molecule has 42 heavy (non-hydrogen) atoms. The van der Waals surface area contributed by atoms with E-state index in [1.54, 1.807) is 66.7 Å². The zero-order valence-corrected chi connectivity index (χ0v) is 26.3. The van der Waals surface area contributed by atoms with E-state index in [-0.39, 0.29) is 38.8 Å². The highest BCUT2D eigenvalue weighted by molar-refractivity contribution is 8.05. The molecular formula is C31H36N2O6S3. The summed E-state index contributed by atoms with van der Waals surface area (Å²) in [5, 5.41) is 0. The predicted octanol–water partition coefficient (Wildman–Crippen LogP) is 5.83. The summed E-state index contributed by atoms with van der Waals surface area (Å²) >= 11 is 0. The maximum absolute atomic E-state index is 15.3. The van der Waals surface area contributed by atoms with Gasteiger partial charge in [-0.2, -0.15) is 12.7 Å². The van der Waals surface area contributed by atoms with Crippen LogP contribution in [-0.2, 0) is 34.5 Å². The molecule has 3 aromatic rings. The van der Waals surface area contributed by atoms with Crippen molar-refractivity contribution in [2.75, 3.05) is 19.7 Å². The highest BCUT2D eigenvalue weighted by Crippen LogP contribution is 2.36. The second-order valence-corrected chi connectivity index (χ2v) is 16.8. The topological polar surface area (TPSA) is 113 Å². The van der Waals surface area contributed by atoms with Gasteiger partial charge >= 0.3 is 0 Å². The lowest BCUT2D eigenvalue weighted by atomic mass is 9.94. The van der Waals surface area contributed by atoms with Crippen LogP contribution in [0.1, 0.15) is 43.2 Å². The molecule has 0 bridgehead atoms. The third kappa shape index (κ3) is 6.86. The van der Waals surface area contributed by atoms with Crippen molar-refractivity contribution in [2.45, 2.75) is 66.7 Å². The maximum atomic E-state index is 15.3. The first-order valence-electron chi connectivity index (χ1n) is 14.0. The van der Waals surface area contributed by atoms with E-state index in [1.807, 2.05) is 13.8 Å². The fourth-order valence-electron chi connectivity index (χ4n) is 5.05. The number of epoxide rings is 1. The molecule has 1 saturated carbocycles. The van der Waals surface area contributed by atoms with Gasteiger partial charge in [0.1, 0.15) is 9.73 Å². The summed E-state index contributed by atoms with van der Waals surface area (Å²) in [6, 6.07) is 21.1. The smallest absolute Gasteiger partial charge is 0.290 e. The van der Waals surface area contributed by atoms with Gasteiger partial charge in [-0.25, -0.2) is 12.6 Å². The number of hydrogen-bond donors (Lipinski definition) is 0. The van der Waals surface area contributed by atoms with Gasteiger partial charge in [-0.05, 0) is 75.9 Å². The fraction of sp³-hybridized carbons (Fsp3) is 0.355. The minimum Gasteiger partial charge on any atom is -0.372 e. The molecule has 5 rings (SSSR count). The summed E-state index contributed by atoms with van der Waals surface area (Å²) in [4.78, 5) is 0.516. The van der Waals surface area contributed by atoms with Crippen LogP contribution in [-0.4, -0.2) is 51.2 Å². The molecule has 8 nitrogen and oxygen atoms in total. The second-order valence-electron chi connectivity index (χ2n) is 10.9. The molecular weight excluding hydrogens is 593 g/mol. The van der Waals surface area contributed by atoms with Crippen molar-refractivity contribution in [3.8, 4) is 0 Å². The molecule has 2 aliphatic rings. The first kappa shape index (κ1) is 30.6. The number of nitrogens with zero attached hydrogens (tertiary/aromatic N) is 2. The molecule has 1 heterocycles. The molecule has 0 aromatic heterocycles. The maximum Gasteiger partial charge on any atom is 0.290 e. The summed E-state index contributed by atoms with van der Waals surface area (Å²) in [6.07, 6.45) is 3.57. The van der Waals surface area contributed by atoms with Crippen LogP contribution in [0.4, 0.5) is 0 Å². The molecule has 0 spiro atoms. The van der Waals surface area contributed by atoms with Crippen molar-refractivity contribution < 1.29 is 25.8 Å². The van der Waals surface area contributed by atoms with Crippen molar-refractivity contribution in [1.29, 1.82) is 0 Å². The fourth-order valence-corrected chi connectivity index (χ4v) is 10.9. The van der Waals surface area contributed by atoms with E-state index in [9.17, 15) is 16.8 Å². The van der Waals surface area contributed by atoms with Crippen LogP contribution in [0.2, 0.25) is 0 Å². The van der Waals surface area contributed by atoms with E-state index in [0.29, 0.717) is 19.4 Å². The Morgan fingerprint density at radius 3 is 1.86 bits per heavy atom. The molecule has 1 saturated heterocycles. The van der Waals surface area contributed by atoms with Crippen LogP contribution in [0.15, 0.2) is 108 Å². The molecule has 11 heteroatoms. The Balaban J connectivity index is 1.71. The van der Waals surface area contributed by atoms with Crippen LogP contribution < -0.4 is 0 Å². The van der Waals surface area contributed by atoms with Crippen molar-refractivity contribution in [3.05, 3.63) is 100 Å². The van der Waals surface area contributed by atoms with Crippen molar-refractivity contribution >= 4 is 29.8 Å². The number of hydrogen-bond acceptors (Lipinski definition) is 6. The molecule has 1 aliphatic carbocycles. The average molecular weight is 629 g/mol. The Hall–Kier alpha value is -2.83. The van der Waals surface area contributed by atoms with E-state index >= 15 is 4.21 Å². The molecule has 1 aliphatic heterocycles. The van der Waals surface area contributed by atoms with Gasteiger partial charge < -0.3 is 4.74 Å². The Morgan fingerprint density at radius 2 is 1.31 bits per heavy atom. The number of ether oxygens (including phenoxy) is 1.